The van der Waals surface area contributed by atoms with Crippen LogP contribution in [-0.4, -0.2) is 4.98 Å². The van der Waals surface area contributed by atoms with Crippen LogP contribution in [0, 0.1) is 0 Å². The normalized spacial score (nSPS) is 10.8. The number of hydrogen-bond donors (Lipinski definition) is 0. The summed E-state index contributed by atoms with van der Waals surface area (Å²) in [7, 11) is 0. The largest absolute Gasteiger partial charge is 0.265 e. The quantitative estimate of drug-likeness (QED) is 0.245. The first kappa shape index (κ1) is 21.4. The summed E-state index contributed by atoms with van der Waals surface area (Å²) >= 11 is 0. The van der Waals surface area contributed by atoms with E-state index in [1.165, 1.54) is 33.4 Å². The van der Waals surface area contributed by atoms with Crippen LogP contribution < -0.4 is 0 Å². The zero-order valence-corrected chi connectivity index (χ0v) is 18.9. The van der Waals surface area contributed by atoms with Crippen molar-refractivity contribution >= 4 is 23.3 Å². The molecule has 5 aromatic rings. The second-order valence-corrected chi connectivity index (χ2v) is 8.08. The van der Waals surface area contributed by atoms with E-state index < -0.39 is 0 Å². The molecule has 5 rings (SSSR count). The Morgan fingerprint density at radius 3 is 1.15 bits per heavy atom. The highest BCUT2D eigenvalue weighted by molar-refractivity contribution is 6.04. The summed E-state index contributed by atoms with van der Waals surface area (Å²) in [4.78, 5) is 4.09. The summed E-state index contributed by atoms with van der Waals surface area (Å²) in [6, 6.07) is 44.8. The van der Waals surface area contributed by atoms with Gasteiger partial charge in [-0.2, -0.15) is 0 Å². The van der Waals surface area contributed by atoms with Crippen LogP contribution in [0.3, 0.4) is 0 Å². The Bertz CT molecular complexity index is 1340. The zero-order chi connectivity index (χ0) is 23.0. The fourth-order valence-corrected chi connectivity index (χ4v) is 4.15. The Morgan fingerprint density at radius 1 is 0.382 bits per heavy atom. The van der Waals surface area contributed by atoms with Crippen molar-refractivity contribution in [3.63, 3.8) is 0 Å². The number of aromatic nitrogens is 1. The lowest BCUT2D eigenvalue weighted by molar-refractivity contribution is 1.32. The molecule has 0 atom stereocenters. The molecule has 1 nitrogen and oxygen atoms in total. The molecular formula is C33H25N. The molecule has 0 radical (unpaired) electrons. The SMILES string of the molecule is C(=Cc1ccc(C(=C(c2ccccc2)c2ccccc2)c2ccccc2)cc1)c1ccncc1. The highest BCUT2D eigenvalue weighted by Gasteiger charge is 2.15. The Hall–Kier alpha value is -4.49. The molecule has 0 amide bonds. The van der Waals surface area contributed by atoms with E-state index in [-0.39, 0.29) is 0 Å². The number of nitrogens with zero attached hydrogens (tertiary/aromatic N) is 1. The molecule has 162 valence electrons. The smallest absolute Gasteiger partial charge is 0.0273 e. The summed E-state index contributed by atoms with van der Waals surface area (Å²) in [5.74, 6) is 0. The van der Waals surface area contributed by atoms with Gasteiger partial charge in [0.05, 0.1) is 0 Å². The number of hydrogen-bond acceptors (Lipinski definition) is 1. The second-order valence-electron chi connectivity index (χ2n) is 8.08. The van der Waals surface area contributed by atoms with Gasteiger partial charge in [0, 0.05) is 12.4 Å². The monoisotopic (exact) mass is 435 g/mol. The molecule has 34 heavy (non-hydrogen) atoms. The van der Waals surface area contributed by atoms with E-state index >= 15 is 0 Å². The number of pyridine rings is 1. The standard InChI is InChI=1S/C33H25N/c1-4-10-28(11-5-1)32(29-12-6-2-7-13-29)33(30-14-8-3-9-15-30)31-20-18-26(19-21-31)16-17-27-22-24-34-25-23-27/h1-25H. The van der Waals surface area contributed by atoms with Crippen molar-refractivity contribution < 1.29 is 0 Å². The first-order chi connectivity index (χ1) is 16.9. The highest BCUT2D eigenvalue weighted by atomic mass is 14.6. The molecule has 0 N–H and O–H groups in total. The first-order valence-electron chi connectivity index (χ1n) is 11.5. The van der Waals surface area contributed by atoms with Crippen molar-refractivity contribution in [2.75, 3.05) is 0 Å². The van der Waals surface area contributed by atoms with Crippen LogP contribution in [0.5, 0.6) is 0 Å². The third kappa shape index (κ3) is 4.95. The molecule has 1 aromatic heterocycles. The first-order valence-corrected chi connectivity index (χ1v) is 11.5. The average Bonchev–Trinajstić information content (AvgIpc) is 2.93. The van der Waals surface area contributed by atoms with Crippen molar-refractivity contribution in [2.45, 2.75) is 0 Å². The van der Waals surface area contributed by atoms with Crippen molar-refractivity contribution in [1.29, 1.82) is 0 Å². The summed E-state index contributed by atoms with van der Waals surface area (Å²) < 4.78 is 0. The number of rotatable bonds is 6. The van der Waals surface area contributed by atoms with Gasteiger partial charge in [-0.3, -0.25) is 4.98 Å². The molecule has 1 heterocycles. The van der Waals surface area contributed by atoms with Gasteiger partial charge in [0.15, 0.2) is 0 Å². The van der Waals surface area contributed by atoms with E-state index in [2.05, 4.69) is 132 Å². The third-order valence-corrected chi connectivity index (χ3v) is 5.81. The Labute approximate surface area is 201 Å². The topological polar surface area (TPSA) is 12.9 Å². The minimum absolute atomic E-state index is 1.14. The molecule has 0 bridgehead atoms. The molecule has 4 aromatic carbocycles. The van der Waals surface area contributed by atoms with Crippen LogP contribution in [0.1, 0.15) is 33.4 Å². The van der Waals surface area contributed by atoms with E-state index in [9.17, 15) is 0 Å². The Morgan fingerprint density at radius 2 is 0.735 bits per heavy atom. The lowest BCUT2D eigenvalue weighted by atomic mass is 9.85. The van der Waals surface area contributed by atoms with Gasteiger partial charge in [-0.25, -0.2) is 0 Å². The van der Waals surface area contributed by atoms with E-state index in [1.54, 1.807) is 0 Å². The van der Waals surface area contributed by atoms with Gasteiger partial charge in [-0.15, -0.1) is 0 Å². The van der Waals surface area contributed by atoms with E-state index in [0.717, 1.165) is 11.1 Å². The predicted molar refractivity (Wildman–Crippen MR) is 144 cm³/mol. The summed E-state index contributed by atoms with van der Waals surface area (Å²) in [5.41, 5.74) is 9.55. The van der Waals surface area contributed by atoms with Gasteiger partial charge in [0.25, 0.3) is 0 Å². The molecule has 1 heteroatoms. The molecule has 0 saturated carbocycles. The summed E-state index contributed by atoms with van der Waals surface area (Å²) in [6.45, 7) is 0. The fraction of sp³-hybridized carbons (Fsp3) is 0. The summed E-state index contributed by atoms with van der Waals surface area (Å²) in [5, 5.41) is 0. The van der Waals surface area contributed by atoms with Crippen molar-refractivity contribution in [3.05, 3.63) is 173 Å². The predicted octanol–water partition coefficient (Wildman–Crippen LogP) is 8.26. The van der Waals surface area contributed by atoms with Crippen LogP contribution in [0.4, 0.5) is 0 Å². The lowest BCUT2D eigenvalue weighted by Crippen LogP contribution is -1.97. The van der Waals surface area contributed by atoms with Crippen LogP contribution in [0.25, 0.3) is 23.3 Å². The van der Waals surface area contributed by atoms with Gasteiger partial charge in [0.1, 0.15) is 0 Å². The van der Waals surface area contributed by atoms with Crippen LogP contribution >= 0.6 is 0 Å². The molecule has 0 aliphatic carbocycles. The fourth-order valence-electron chi connectivity index (χ4n) is 4.15. The second kappa shape index (κ2) is 10.4. The molecule has 0 aliphatic heterocycles. The summed E-state index contributed by atoms with van der Waals surface area (Å²) in [6.07, 6.45) is 7.88. The molecule has 0 fully saturated rings. The van der Waals surface area contributed by atoms with E-state index in [0.29, 0.717) is 0 Å². The minimum atomic E-state index is 1.14. The lowest BCUT2D eigenvalue weighted by Gasteiger charge is -2.18. The van der Waals surface area contributed by atoms with Crippen LogP contribution in [-0.2, 0) is 0 Å². The maximum absolute atomic E-state index is 4.09. The minimum Gasteiger partial charge on any atom is -0.265 e. The van der Waals surface area contributed by atoms with E-state index in [1.807, 2.05) is 24.5 Å². The third-order valence-electron chi connectivity index (χ3n) is 5.81. The molecule has 0 aliphatic rings. The van der Waals surface area contributed by atoms with Crippen LogP contribution in [0.2, 0.25) is 0 Å². The van der Waals surface area contributed by atoms with Gasteiger partial charge >= 0.3 is 0 Å². The highest BCUT2D eigenvalue weighted by Crippen LogP contribution is 2.36. The van der Waals surface area contributed by atoms with Crippen LogP contribution in [0.15, 0.2) is 140 Å². The van der Waals surface area contributed by atoms with Gasteiger partial charge in [-0.05, 0) is 56.7 Å². The Balaban J connectivity index is 1.66. The molecule has 0 unspecified atom stereocenters. The number of benzene rings is 4. The maximum atomic E-state index is 4.09. The van der Waals surface area contributed by atoms with Crippen molar-refractivity contribution in [2.24, 2.45) is 0 Å². The average molecular weight is 436 g/mol. The Kier molecular flexibility index (Phi) is 6.54. The molecular weight excluding hydrogens is 410 g/mol. The van der Waals surface area contributed by atoms with E-state index in [4.69, 9.17) is 0 Å². The van der Waals surface area contributed by atoms with Crippen molar-refractivity contribution in [1.82, 2.24) is 4.98 Å². The van der Waals surface area contributed by atoms with Gasteiger partial charge in [-0.1, -0.05) is 127 Å². The molecule has 0 saturated heterocycles. The van der Waals surface area contributed by atoms with Gasteiger partial charge in [0.2, 0.25) is 0 Å². The zero-order valence-electron chi connectivity index (χ0n) is 18.9. The molecule has 0 spiro atoms. The van der Waals surface area contributed by atoms with Crippen molar-refractivity contribution in [3.8, 4) is 0 Å². The maximum Gasteiger partial charge on any atom is 0.0273 e. The van der Waals surface area contributed by atoms with Gasteiger partial charge < -0.3 is 0 Å².